The Bertz CT molecular complexity index is 509. The maximum Gasteiger partial charge on any atom is 0.325 e. The number of likely N-dealkylation sites (N-methyl/N-ethyl adjacent to an activating group) is 1. The second kappa shape index (κ2) is 6.39. The third-order valence-corrected chi connectivity index (χ3v) is 4.98. The van der Waals surface area contributed by atoms with E-state index < -0.39 is 0 Å². The normalized spacial score (nSPS) is 17.4. The molecule has 110 valence electrons. The molecule has 1 unspecified atom stereocenters. The maximum atomic E-state index is 12.5. The summed E-state index contributed by atoms with van der Waals surface area (Å²) in [6, 6.07) is 2.01. The van der Waals surface area contributed by atoms with Gasteiger partial charge in [-0.15, -0.1) is 11.3 Å². The molecule has 1 aromatic heterocycles. The van der Waals surface area contributed by atoms with E-state index in [0.29, 0.717) is 12.5 Å². The van der Waals surface area contributed by atoms with E-state index in [1.54, 1.807) is 11.3 Å². The van der Waals surface area contributed by atoms with Crippen LogP contribution in [0, 0.1) is 5.92 Å². The monoisotopic (exact) mass is 295 g/mol. The van der Waals surface area contributed by atoms with Gasteiger partial charge in [-0.05, 0) is 43.7 Å². The molecule has 0 fully saturated rings. The third-order valence-electron chi connectivity index (χ3n) is 3.76. The quantitative estimate of drug-likeness (QED) is 0.802. The highest BCUT2D eigenvalue weighted by molar-refractivity contribution is 7.14. The van der Waals surface area contributed by atoms with Gasteiger partial charge < -0.3 is 9.64 Å². The van der Waals surface area contributed by atoms with Gasteiger partial charge >= 0.3 is 5.97 Å². The van der Waals surface area contributed by atoms with E-state index in [9.17, 15) is 9.59 Å². The number of hydrogen-bond donors (Lipinski definition) is 0. The summed E-state index contributed by atoms with van der Waals surface area (Å²) in [7, 11) is 1.34. The molecule has 1 aromatic rings. The zero-order valence-corrected chi connectivity index (χ0v) is 13.1. The van der Waals surface area contributed by atoms with Crippen LogP contribution in [-0.2, 0) is 22.4 Å². The van der Waals surface area contributed by atoms with Crippen molar-refractivity contribution in [2.24, 2.45) is 5.92 Å². The molecule has 0 spiro atoms. The van der Waals surface area contributed by atoms with Crippen LogP contribution in [-0.4, -0.2) is 37.0 Å². The predicted molar refractivity (Wildman–Crippen MR) is 79.1 cm³/mol. The Labute approximate surface area is 123 Å². The van der Waals surface area contributed by atoms with E-state index >= 15 is 0 Å². The molecule has 1 aliphatic carbocycles. The molecule has 0 N–H and O–H groups in total. The van der Waals surface area contributed by atoms with Gasteiger partial charge in [0.15, 0.2) is 0 Å². The second-order valence-corrected chi connectivity index (χ2v) is 6.44. The minimum Gasteiger partial charge on any atom is -0.468 e. The van der Waals surface area contributed by atoms with Crippen LogP contribution in [0.5, 0.6) is 0 Å². The molecule has 5 heteroatoms. The first-order valence-corrected chi connectivity index (χ1v) is 7.84. The molecule has 4 nitrogen and oxygen atoms in total. The topological polar surface area (TPSA) is 46.6 Å². The number of nitrogens with zero attached hydrogens (tertiary/aromatic N) is 1. The summed E-state index contributed by atoms with van der Waals surface area (Å²) in [5, 5.41) is 0. The lowest BCUT2D eigenvalue weighted by Gasteiger charge is -2.18. The summed E-state index contributed by atoms with van der Waals surface area (Å²) in [4.78, 5) is 27.4. The van der Waals surface area contributed by atoms with Crippen molar-refractivity contribution >= 4 is 23.2 Å². The lowest BCUT2D eigenvalue weighted by Crippen LogP contribution is -2.35. The van der Waals surface area contributed by atoms with Crippen molar-refractivity contribution in [1.82, 2.24) is 4.90 Å². The summed E-state index contributed by atoms with van der Waals surface area (Å²) in [6.07, 6.45) is 3.32. The van der Waals surface area contributed by atoms with Crippen LogP contribution in [0.25, 0.3) is 0 Å². The molecule has 1 aliphatic rings. The predicted octanol–water partition coefficient (Wildman–Crippen LogP) is 2.51. The highest BCUT2D eigenvalue weighted by Gasteiger charge is 2.24. The third kappa shape index (κ3) is 3.20. The van der Waals surface area contributed by atoms with Crippen molar-refractivity contribution in [1.29, 1.82) is 0 Å². The Morgan fingerprint density at radius 2 is 2.25 bits per heavy atom. The number of aryl methyl sites for hydroxylation is 1. The Balaban J connectivity index is 2.14. The Morgan fingerprint density at radius 3 is 2.90 bits per heavy atom. The van der Waals surface area contributed by atoms with Gasteiger partial charge in [0.05, 0.1) is 12.0 Å². The van der Waals surface area contributed by atoms with Crippen LogP contribution in [0.2, 0.25) is 0 Å². The number of rotatable bonds is 4. The van der Waals surface area contributed by atoms with Crippen LogP contribution in [0.15, 0.2) is 6.07 Å². The van der Waals surface area contributed by atoms with E-state index in [2.05, 4.69) is 11.7 Å². The number of amides is 1. The highest BCUT2D eigenvalue weighted by Crippen LogP contribution is 2.32. The SMILES string of the molecule is CCN(CC(=O)OC)C(=O)c1cc2c(s1)CCC(C)C2. The van der Waals surface area contributed by atoms with Crippen LogP contribution >= 0.6 is 11.3 Å². The van der Waals surface area contributed by atoms with Gasteiger partial charge in [-0.1, -0.05) is 6.92 Å². The largest absolute Gasteiger partial charge is 0.468 e. The molecule has 0 radical (unpaired) electrons. The number of fused-ring (bicyclic) bond motifs is 1. The fraction of sp³-hybridized carbons (Fsp3) is 0.600. The molecule has 0 aromatic carbocycles. The van der Waals surface area contributed by atoms with Crippen LogP contribution in [0.1, 0.15) is 40.4 Å². The molecular formula is C15H21NO3S. The first-order chi connectivity index (χ1) is 9.55. The van der Waals surface area contributed by atoms with Crippen LogP contribution < -0.4 is 0 Å². The smallest absolute Gasteiger partial charge is 0.325 e. The number of esters is 1. The summed E-state index contributed by atoms with van der Waals surface area (Å²) < 4.78 is 4.63. The van der Waals surface area contributed by atoms with E-state index in [0.717, 1.165) is 17.7 Å². The van der Waals surface area contributed by atoms with E-state index in [1.165, 1.54) is 28.9 Å². The fourth-order valence-corrected chi connectivity index (χ4v) is 3.69. The lowest BCUT2D eigenvalue weighted by atomic mass is 9.90. The van der Waals surface area contributed by atoms with Crippen LogP contribution in [0.3, 0.4) is 0 Å². The number of methoxy groups -OCH3 is 1. The lowest BCUT2D eigenvalue weighted by molar-refractivity contribution is -0.141. The molecule has 0 saturated carbocycles. The maximum absolute atomic E-state index is 12.5. The Hall–Kier alpha value is -1.36. The molecular weight excluding hydrogens is 274 g/mol. The molecule has 1 amide bonds. The molecule has 1 atom stereocenters. The zero-order valence-electron chi connectivity index (χ0n) is 12.3. The van der Waals surface area contributed by atoms with Gasteiger partial charge in [-0.2, -0.15) is 0 Å². The van der Waals surface area contributed by atoms with Crippen LogP contribution in [0.4, 0.5) is 0 Å². The van der Waals surface area contributed by atoms with E-state index in [1.807, 2.05) is 13.0 Å². The summed E-state index contributed by atoms with van der Waals surface area (Å²) >= 11 is 1.58. The minimum atomic E-state index is -0.379. The average Bonchev–Trinajstić information content (AvgIpc) is 2.86. The number of hydrogen-bond acceptors (Lipinski definition) is 4. The first kappa shape index (κ1) is 15.0. The number of carbonyl (C=O) groups excluding carboxylic acids is 2. The van der Waals surface area contributed by atoms with Crippen molar-refractivity contribution in [2.75, 3.05) is 20.2 Å². The number of ether oxygens (including phenoxy) is 1. The summed E-state index contributed by atoms with van der Waals surface area (Å²) in [6.45, 7) is 4.64. The molecule has 0 saturated heterocycles. The summed E-state index contributed by atoms with van der Waals surface area (Å²) in [5.74, 6) is 0.248. The van der Waals surface area contributed by atoms with Gasteiger partial charge in [-0.25, -0.2) is 0 Å². The zero-order chi connectivity index (χ0) is 14.7. The number of thiophene rings is 1. The van der Waals surface area contributed by atoms with Crippen molar-refractivity contribution < 1.29 is 14.3 Å². The first-order valence-electron chi connectivity index (χ1n) is 7.02. The van der Waals surface area contributed by atoms with Gasteiger partial charge in [0.2, 0.25) is 0 Å². The molecule has 0 aliphatic heterocycles. The van der Waals surface area contributed by atoms with E-state index in [4.69, 9.17) is 0 Å². The number of carbonyl (C=O) groups is 2. The standard InChI is InChI=1S/C15H21NO3S/c1-4-16(9-14(17)19-3)15(18)13-8-11-7-10(2)5-6-12(11)20-13/h8,10H,4-7,9H2,1-3H3. The highest BCUT2D eigenvalue weighted by atomic mass is 32.1. The molecule has 2 rings (SSSR count). The Morgan fingerprint density at radius 1 is 1.50 bits per heavy atom. The Kier molecular flexibility index (Phi) is 4.81. The second-order valence-electron chi connectivity index (χ2n) is 5.30. The van der Waals surface area contributed by atoms with Crippen molar-refractivity contribution in [3.05, 3.63) is 21.4 Å². The van der Waals surface area contributed by atoms with Gasteiger partial charge in [0.25, 0.3) is 5.91 Å². The summed E-state index contributed by atoms with van der Waals surface area (Å²) in [5.41, 5.74) is 1.31. The van der Waals surface area contributed by atoms with E-state index in [-0.39, 0.29) is 18.4 Å². The fourth-order valence-electron chi connectivity index (χ4n) is 2.51. The van der Waals surface area contributed by atoms with Crippen molar-refractivity contribution in [3.63, 3.8) is 0 Å². The molecule has 0 bridgehead atoms. The van der Waals surface area contributed by atoms with Crippen molar-refractivity contribution in [2.45, 2.75) is 33.1 Å². The van der Waals surface area contributed by atoms with Gasteiger partial charge in [0.1, 0.15) is 6.54 Å². The minimum absolute atomic E-state index is 0.0187. The molecule has 20 heavy (non-hydrogen) atoms. The average molecular weight is 295 g/mol. The molecule has 1 heterocycles. The van der Waals surface area contributed by atoms with Crippen molar-refractivity contribution in [3.8, 4) is 0 Å². The van der Waals surface area contributed by atoms with Gasteiger partial charge in [-0.3, -0.25) is 9.59 Å². The van der Waals surface area contributed by atoms with Gasteiger partial charge in [0, 0.05) is 11.4 Å².